The van der Waals surface area contributed by atoms with Crippen LogP contribution in [0.2, 0.25) is 0 Å². The molecule has 112 valence electrons. The summed E-state index contributed by atoms with van der Waals surface area (Å²) in [5.74, 6) is 0. The molecule has 1 aliphatic rings. The molecule has 1 aliphatic heterocycles. The first kappa shape index (κ1) is 17.2. The van der Waals surface area contributed by atoms with Crippen LogP contribution in [0.25, 0.3) is 11.0 Å². The Kier molecular flexibility index (Phi) is 6.06. The van der Waals surface area contributed by atoms with E-state index in [1.54, 1.807) is 0 Å². The smallest absolute Gasteiger partial charge is 0.222 e. The van der Waals surface area contributed by atoms with Crippen LogP contribution in [0.4, 0.5) is 0 Å². The first-order chi connectivity index (χ1) is 9.83. The second-order valence-electron chi connectivity index (χ2n) is 3.87. The first-order valence-corrected chi connectivity index (χ1v) is 11.0. The molecule has 4 nitrogen and oxygen atoms in total. The maximum Gasteiger partial charge on any atom is 0.300 e. The highest BCUT2D eigenvalue weighted by atomic mass is 35.7. The fourth-order valence-electron chi connectivity index (χ4n) is 1.54. The van der Waals surface area contributed by atoms with Crippen molar-refractivity contribution in [3.63, 3.8) is 0 Å². The number of halogens is 1. The van der Waals surface area contributed by atoms with Crippen molar-refractivity contribution in [2.45, 2.75) is 11.8 Å². The average molecular weight is 381 g/mol. The Hall–Kier alpha value is -0.160. The number of aryl methyl sites for hydroxylation is 1. The maximum absolute atomic E-state index is 8.49. The van der Waals surface area contributed by atoms with Gasteiger partial charge in [0.2, 0.25) is 4.88 Å². The SMILES string of the molecule is Cc1cc(/C=C2\SSc3ccccc32)[s+]s1.[O-][Cl+3]([O-])([O-])[O-]. The van der Waals surface area contributed by atoms with Gasteiger partial charge in [-0.3, -0.25) is 0 Å². The monoisotopic (exact) mass is 380 g/mol. The van der Waals surface area contributed by atoms with Gasteiger partial charge in [0.25, 0.3) is 10.3 Å². The summed E-state index contributed by atoms with van der Waals surface area (Å²) in [6.45, 7) is 2.16. The molecule has 0 bridgehead atoms. The lowest BCUT2D eigenvalue weighted by atomic mass is 10.2. The first-order valence-electron chi connectivity index (χ1n) is 5.50. The quantitative estimate of drug-likeness (QED) is 0.539. The lowest BCUT2D eigenvalue weighted by Gasteiger charge is -2.17. The zero-order valence-corrected chi connectivity index (χ0v) is 14.6. The molecule has 0 atom stereocenters. The molecule has 0 unspecified atom stereocenters. The van der Waals surface area contributed by atoms with E-state index in [1.165, 1.54) is 25.1 Å². The van der Waals surface area contributed by atoms with Crippen LogP contribution in [0.5, 0.6) is 0 Å². The molecule has 0 fully saturated rings. The Morgan fingerprint density at radius 2 is 1.76 bits per heavy atom. The standard InChI is InChI=1S/C12H9S4.ClHO4/c1-8-6-9(14-13-8)7-12-10-4-2-3-5-11(10)15-16-12;2-1(3,4)5/h2-7H,1H3;(H,2,3,4,5)/q+1;/p-1. The summed E-state index contributed by atoms with van der Waals surface area (Å²) in [6.07, 6.45) is 2.30. The Morgan fingerprint density at radius 3 is 2.38 bits per heavy atom. The van der Waals surface area contributed by atoms with Crippen molar-refractivity contribution in [2.75, 3.05) is 0 Å². The molecular formula is C12H9ClO4S4. The predicted molar refractivity (Wildman–Crippen MR) is 79.1 cm³/mol. The zero-order chi connectivity index (χ0) is 15.5. The van der Waals surface area contributed by atoms with Crippen LogP contribution in [-0.4, -0.2) is 0 Å². The number of rotatable bonds is 1. The van der Waals surface area contributed by atoms with Crippen LogP contribution in [0, 0.1) is 17.2 Å². The Morgan fingerprint density at radius 1 is 1.10 bits per heavy atom. The molecule has 0 amide bonds. The predicted octanol–water partition coefficient (Wildman–Crippen LogP) is 0.895. The summed E-state index contributed by atoms with van der Waals surface area (Å²) >= 11 is 0. The molecule has 0 radical (unpaired) electrons. The number of fused-ring (bicyclic) bond motifs is 1. The molecule has 0 aliphatic carbocycles. The van der Waals surface area contributed by atoms with Crippen LogP contribution in [0.15, 0.2) is 35.2 Å². The molecule has 2 aromatic rings. The van der Waals surface area contributed by atoms with E-state index in [0.717, 1.165) is 0 Å². The van der Waals surface area contributed by atoms with Crippen molar-refractivity contribution in [2.24, 2.45) is 0 Å². The van der Waals surface area contributed by atoms with E-state index in [4.69, 9.17) is 18.6 Å². The molecular weight excluding hydrogens is 372 g/mol. The van der Waals surface area contributed by atoms with E-state index < -0.39 is 10.2 Å². The third-order valence-electron chi connectivity index (χ3n) is 2.26. The summed E-state index contributed by atoms with van der Waals surface area (Å²) in [6, 6.07) is 10.9. The van der Waals surface area contributed by atoms with Crippen molar-refractivity contribution in [1.29, 1.82) is 0 Å². The molecule has 2 heterocycles. The second kappa shape index (κ2) is 7.40. The molecule has 0 saturated heterocycles. The maximum atomic E-state index is 8.49. The summed E-state index contributed by atoms with van der Waals surface area (Å²) < 4.78 is 34.0. The van der Waals surface area contributed by atoms with Gasteiger partial charge in [0, 0.05) is 27.5 Å². The largest absolute Gasteiger partial charge is 0.300 e. The second-order valence-corrected chi connectivity index (χ2v) is 9.29. The van der Waals surface area contributed by atoms with Crippen LogP contribution < -0.4 is 18.6 Å². The highest BCUT2D eigenvalue weighted by molar-refractivity contribution is 8.80. The van der Waals surface area contributed by atoms with Gasteiger partial charge in [0.15, 0.2) is 10.3 Å². The van der Waals surface area contributed by atoms with E-state index in [1.807, 2.05) is 42.3 Å². The lowest BCUT2D eigenvalue weighted by Crippen LogP contribution is -2.68. The third kappa shape index (κ3) is 5.85. The minimum Gasteiger partial charge on any atom is -0.222 e. The van der Waals surface area contributed by atoms with Crippen molar-refractivity contribution >= 4 is 53.2 Å². The fraction of sp³-hybridized carbons (Fsp3) is 0.0833. The zero-order valence-electron chi connectivity index (χ0n) is 10.6. The number of benzene rings is 1. The van der Waals surface area contributed by atoms with Gasteiger partial charge in [-0.2, -0.15) is 0 Å². The molecule has 0 N–H and O–H groups in total. The molecule has 0 saturated carbocycles. The summed E-state index contributed by atoms with van der Waals surface area (Å²) in [7, 11) is 2.48. The average Bonchev–Trinajstić information content (AvgIpc) is 2.96. The minimum absolute atomic E-state index is 1.36. The Bertz CT molecular complexity index is 645. The number of hydrogen-bond donors (Lipinski definition) is 0. The molecule has 1 aromatic heterocycles. The minimum atomic E-state index is -4.94. The molecule has 3 rings (SSSR count). The Balaban J connectivity index is 0.000000282. The third-order valence-corrected chi connectivity index (χ3v) is 7.23. The van der Waals surface area contributed by atoms with E-state index in [0.29, 0.717) is 0 Å². The van der Waals surface area contributed by atoms with Crippen LogP contribution in [-0.2, 0) is 0 Å². The van der Waals surface area contributed by atoms with Crippen molar-refractivity contribution in [3.8, 4) is 0 Å². The van der Waals surface area contributed by atoms with Gasteiger partial charge in [-0.05, 0) is 13.0 Å². The van der Waals surface area contributed by atoms with Crippen LogP contribution in [0.1, 0.15) is 15.3 Å². The van der Waals surface area contributed by atoms with Crippen molar-refractivity contribution in [1.82, 2.24) is 0 Å². The van der Waals surface area contributed by atoms with Crippen LogP contribution >= 0.6 is 42.3 Å². The van der Waals surface area contributed by atoms with E-state index in [-0.39, 0.29) is 0 Å². The highest BCUT2D eigenvalue weighted by Crippen LogP contribution is 2.53. The number of hydrogen-bond acceptors (Lipinski definition) is 7. The van der Waals surface area contributed by atoms with Gasteiger partial charge < -0.3 is 0 Å². The molecule has 21 heavy (non-hydrogen) atoms. The summed E-state index contributed by atoms with van der Waals surface area (Å²) in [5.41, 5.74) is 1.38. The van der Waals surface area contributed by atoms with Gasteiger partial charge in [0.1, 0.15) is 0 Å². The van der Waals surface area contributed by atoms with E-state index in [9.17, 15) is 0 Å². The Labute approximate surface area is 139 Å². The van der Waals surface area contributed by atoms with Crippen LogP contribution in [0.3, 0.4) is 0 Å². The summed E-state index contributed by atoms with van der Waals surface area (Å²) in [5, 5.41) is 0. The van der Waals surface area contributed by atoms with Gasteiger partial charge >= 0.3 is 0 Å². The lowest BCUT2D eigenvalue weighted by molar-refractivity contribution is -2.00. The topological polar surface area (TPSA) is 92.2 Å². The van der Waals surface area contributed by atoms with E-state index in [2.05, 4.69) is 43.3 Å². The van der Waals surface area contributed by atoms with E-state index >= 15 is 0 Å². The van der Waals surface area contributed by atoms with Crippen molar-refractivity contribution in [3.05, 3.63) is 45.6 Å². The molecule has 1 aromatic carbocycles. The fourth-order valence-corrected chi connectivity index (χ4v) is 6.07. The van der Waals surface area contributed by atoms with Crippen molar-refractivity contribution < 1.29 is 28.9 Å². The van der Waals surface area contributed by atoms with Gasteiger partial charge in [0.05, 0.1) is 4.88 Å². The van der Waals surface area contributed by atoms with Gasteiger partial charge in [-0.25, -0.2) is 18.6 Å². The van der Waals surface area contributed by atoms with Gasteiger partial charge in [-0.1, -0.05) is 39.8 Å². The van der Waals surface area contributed by atoms with Gasteiger partial charge in [-0.15, -0.1) is 10.2 Å². The highest BCUT2D eigenvalue weighted by Gasteiger charge is 2.19. The summed E-state index contributed by atoms with van der Waals surface area (Å²) in [4.78, 5) is 5.52. The normalized spacial score (nSPS) is 15.6. The molecule has 9 heteroatoms. The molecule has 0 spiro atoms.